The van der Waals surface area contributed by atoms with E-state index in [1.54, 1.807) is 0 Å². The fourth-order valence-corrected chi connectivity index (χ4v) is 5.78. The molecular formula is C25H18N4OS. The molecule has 150 valence electrons. The Hall–Kier alpha value is -3.64. The minimum absolute atomic E-state index is 0.530. The molecule has 0 amide bonds. The summed E-state index contributed by atoms with van der Waals surface area (Å²) in [5.41, 5.74) is 7.56. The number of nitrogens with zero attached hydrogens (tertiary/aromatic N) is 2. The van der Waals surface area contributed by atoms with Crippen molar-refractivity contribution in [3.05, 3.63) is 65.9 Å². The molecule has 0 saturated carbocycles. The highest BCUT2D eigenvalue weighted by molar-refractivity contribution is 7.25. The third-order valence-electron chi connectivity index (χ3n) is 6.03. The van der Waals surface area contributed by atoms with Crippen LogP contribution in [0.1, 0.15) is 17.3 Å². The maximum absolute atomic E-state index is 6.03. The molecule has 5 nitrogen and oxygen atoms in total. The third-order valence-corrected chi connectivity index (χ3v) is 7.15. The number of H-pyrrole nitrogens is 2. The van der Waals surface area contributed by atoms with Crippen molar-refractivity contribution in [2.24, 2.45) is 0 Å². The van der Waals surface area contributed by atoms with E-state index in [9.17, 15) is 0 Å². The highest BCUT2D eigenvalue weighted by atomic mass is 32.1. The average molecular weight is 423 g/mol. The first-order valence-electron chi connectivity index (χ1n) is 10.3. The summed E-state index contributed by atoms with van der Waals surface area (Å²) >= 11 is 1.82. The molecule has 0 aliphatic carbocycles. The Morgan fingerprint density at radius 2 is 1.65 bits per heavy atom. The van der Waals surface area contributed by atoms with Crippen LogP contribution in [0.3, 0.4) is 0 Å². The molecule has 4 heterocycles. The van der Waals surface area contributed by atoms with Gasteiger partial charge in [0.1, 0.15) is 24.0 Å². The first-order chi connectivity index (χ1) is 15.1. The predicted octanol–water partition coefficient (Wildman–Crippen LogP) is 6.50. The summed E-state index contributed by atoms with van der Waals surface area (Å²) in [6.07, 6.45) is 0. The molecule has 0 unspecified atom stereocenters. The zero-order valence-corrected chi connectivity index (χ0v) is 17.9. The second-order valence-electron chi connectivity index (χ2n) is 8.15. The zero-order valence-electron chi connectivity index (χ0n) is 17.0. The molecule has 3 aromatic carbocycles. The van der Waals surface area contributed by atoms with Crippen molar-refractivity contribution in [2.75, 3.05) is 0 Å². The summed E-state index contributed by atoms with van der Waals surface area (Å²) in [7, 11) is 0. The van der Waals surface area contributed by atoms with Crippen LogP contribution in [0.4, 0.5) is 0 Å². The van der Waals surface area contributed by atoms with Gasteiger partial charge in [0.15, 0.2) is 0 Å². The van der Waals surface area contributed by atoms with Gasteiger partial charge in [0.2, 0.25) is 0 Å². The molecular weight excluding hydrogens is 404 g/mol. The molecule has 0 spiro atoms. The SMILES string of the molecule is Cc1nc2c([nH]1)COc1cc(-c3ccc4c(c3)sc3cc5nc(C)[nH]c5cc34)ccc1-2. The minimum atomic E-state index is 0.530. The normalized spacial score (nSPS) is 13.0. The van der Waals surface area contributed by atoms with Crippen LogP contribution in [0.25, 0.3) is 53.6 Å². The van der Waals surface area contributed by atoms with Gasteiger partial charge in [-0.15, -0.1) is 11.3 Å². The number of fused-ring (bicyclic) bond motifs is 7. The van der Waals surface area contributed by atoms with Crippen LogP contribution < -0.4 is 4.74 Å². The Bertz CT molecular complexity index is 1670. The van der Waals surface area contributed by atoms with Crippen molar-refractivity contribution in [1.82, 2.24) is 19.9 Å². The standard InChI is InChI=1S/C25H18N4OS/c1-12-26-19-9-18-16-5-3-15(8-23(16)31-24(18)10-20(19)27-12)14-4-6-17-22(7-14)30-11-21-25(17)29-13(2)28-21/h3-10H,11H2,1-2H3,(H,26,27)(H,28,29). The van der Waals surface area contributed by atoms with Gasteiger partial charge in [-0.05, 0) is 55.3 Å². The lowest BCUT2D eigenvalue weighted by molar-refractivity contribution is 0.298. The van der Waals surface area contributed by atoms with Gasteiger partial charge < -0.3 is 14.7 Å². The quantitative estimate of drug-likeness (QED) is 0.318. The molecule has 0 atom stereocenters. The predicted molar refractivity (Wildman–Crippen MR) is 126 cm³/mol. The highest BCUT2D eigenvalue weighted by Crippen LogP contribution is 2.41. The number of hydrogen-bond acceptors (Lipinski definition) is 4. The van der Waals surface area contributed by atoms with Gasteiger partial charge in [0.25, 0.3) is 0 Å². The van der Waals surface area contributed by atoms with Crippen molar-refractivity contribution >= 4 is 42.5 Å². The van der Waals surface area contributed by atoms with Crippen LogP contribution in [-0.4, -0.2) is 19.9 Å². The number of nitrogens with one attached hydrogen (secondary N) is 2. The van der Waals surface area contributed by atoms with Crippen molar-refractivity contribution < 1.29 is 4.74 Å². The smallest absolute Gasteiger partial charge is 0.130 e. The topological polar surface area (TPSA) is 66.6 Å². The number of aryl methyl sites for hydroxylation is 2. The largest absolute Gasteiger partial charge is 0.487 e. The second-order valence-corrected chi connectivity index (χ2v) is 9.23. The molecule has 0 saturated heterocycles. The van der Waals surface area contributed by atoms with Crippen LogP contribution >= 0.6 is 11.3 Å². The number of hydrogen-bond donors (Lipinski definition) is 2. The first-order valence-corrected chi connectivity index (χ1v) is 11.1. The van der Waals surface area contributed by atoms with E-state index in [0.717, 1.165) is 50.9 Å². The first kappa shape index (κ1) is 17.1. The number of thiophene rings is 1. The summed E-state index contributed by atoms with van der Waals surface area (Å²) in [6.45, 7) is 4.50. The van der Waals surface area contributed by atoms with Gasteiger partial charge in [-0.3, -0.25) is 0 Å². The Kier molecular flexibility index (Phi) is 3.28. The van der Waals surface area contributed by atoms with Crippen LogP contribution in [0.2, 0.25) is 0 Å². The Labute approximate surface area is 181 Å². The Morgan fingerprint density at radius 3 is 2.58 bits per heavy atom. The molecule has 31 heavy (non-hydrogen) atoms. The fourth-order valence-electron chi connectivity index (χ4n) is 4.62. The Morgan fingerprint density at radius 1 is 0.839 bits per heavy atom. The molecule has 7 rings (SSSR count). The lowest BCUT2D eigenvalue weighted by atomic mass is 9.99. The van der Waals surface area contributed by atoms with Crippen LogP contribution in [-0.2, 0) is 6.61 Å². The molecule has 0 fully saturated rings. The van der Waals surface area contributed by atoms with Crippen molar-refractivity contribution in [3.8, 4) is 28.1 Å². The van der Waals surface area contributed by atoms with Crippen LogP contribution in [0.15, 0.2) is 48.5 Å². The number of benzene rings is 3. The lowest BCUT2D eigenvalue weighted by Crippen LogP contribution is -2.05. The van der Waals surface area contributed by atoms with Gasteiger partial charge in [0.05, 0.1) is 22.4 Å². The summed E-state index contributed by atoms with van der Waals surface area (Å²) < 4.78 is 8.57. The summed E-state index contributed by atoms with van der Waals surface area (Å²) in [5.74, 6) is 2.76. The maximum Gasteiger partial charge on any atom is 0.130 e. The monoisotopic (exact) mass is 422 g/mol. The van der Waals surface area contributed by atoms with Crippen molar-refractivity contribution in [2.45, 2.75) is 20.5 Å². The van der Waals surface area contributed by atoms with Crippen molar-refractivity contribution in [1.29, 1.82) is 0 Å². The summed E-state index contributed by atoms with van der Waals surface area (Å²) in [6, 6.07) is 17.5. The fraction of sp³-hybridized carbons (Fsp3) is 0.120. The average Bonchev–Trinajstić information content (AvgIpc) is 3.43. The Balaban J connectivity index is 1.36. The second kappa shape index (κ2) is 5.95. The number of aromatic nitrogens is 4. The van der Waals surface area contributed by atoms with Gasteiger partial charge >= 0.3 is 0 Å². The van der Waals surface area contributed by atoms with Crippen molar-refractivity contribution in [3.63, 3.8) is 0 Å². The van der Waals surface area contributed by atoms with Gasteiger partial charge in [-0.1, -0.05) is 18.2 Å². The van der Waals surface area contributed by atoms with E-state index in [0.29, 0.717) is 6.61 Å². The van der Waals surface area contributed by atoms with E-state index in [4.69, 9.17) is 4.74 Å². The molecule has 2 N–H and O–H groups in total. The zero-order chi connectivity index (χ0) is 20.7. The van der Waals surface area contributed by atoms with Crippen LogP contribution in [0, 0.1) is 13.8 Å². The minimum Gasteiger partial charge on any atom is -0.487 e. The molecule has 6 heteroatoms. The summed E-state index contributed by atoms with van der Waals surface area (Å²) in [4.78, 5) is 15.9. The number of aromatic amines is 2. The molecule has 3 aromatic heterocycles. The van der Waals surface area contributed by atoms with E-state index in [1.807, 2.05) is 25.2 Å². The van der Waals surface area contributed by atoms with E-state index in [1.165, 1.54) is 25.7 Å². The van der Waals surface area contributed by atoms with Gasteiger partial charge in [-0.2, -0.15) is 0 Å². The maximum atomic E-state index is 6.03. The number of imidazole rings is 2. The third kappa shape index (κ3) is 2.48. The van der Waals surface area contributed by atoms with Crippen LogP contribution in [0.5, 0.6) is 5.75 Å². The number of rotatable bonds is 1. The molecule has 6 aromatic rings. The lowest BCUT2D eigenvalue weighted by Gasteiger charge is -2.17. The highest BCUT2D eigenvalue weighted by Gasteiger charge is 2.21. The van der Waals surface area contributed by atoms with E-state index >= 15 is 0 Å². The summed E-state index contributed by atoms with van der Waals surface area (Å²) in [5, 5.41) is 2.56. The molecule has 0 bridgehead atoms. The molecule has 0 radical (unpaired) electrons. The molecule has 1 aliphatic heterocycles. The van der Waals surface area contributed by atoms with E-state index in [2.05, 4.69) is 68.5 Å². The van der Waals surface area contributed by atoms with Gasteiger partial charge in [-0.25, -0.2) is 9.97 Å². The number of ether oxygens (including phenoxy) is 1. The van der Waals surface area contributed by atoms with E-state index < -0.39 is 0 Å². The molecule has 1 aliphatic rings. The van der Waals surface area contributed by atoms with Gasteiger partial charge in [0, 0.05) is 25.7 Å². The van der Waals surface area contributed by atoms with E-state index in [-0.39, 0.29) is 0 Å².